The van der Waals surface area contributed by atoms with Crippen LogP contribution in [-0.4, -0.2) is 79.8 Å². The summed E-state index contributed by atoms with van der Waals surface area (Å²) >= 11 is 1.63. The highest BCUT2D eigenvalue weighted by Crippen LogP contribution is 2.45. The summed E-state index contributed by atoms with van der Waals surface area (Å²) in [6, 6.07) is 2.09. The van der Waals surface area contributed by atoms with Gasteiger partial charge in [-0.05, 0) is 56.8 Å². The number of likely N-dealkylation sites (tertiary alicyclic amines) is 2. The number of aliphatic hydroxyl groups is 1. The van der Waals surface area contributed by atoms with Gasteiger partial charge in [0.2, 0.25) is 0 Å². The number of carbonyl (C=O) groups excluding carboxylic acids is 1. The Balaban J connectivity index is 1.39. The Morgan fingerprint density at radius 3 is 2.67 bits per heavy atom. The molecule has 0 radical (unpaired) electrons. The number of aliphatic hydroxyl groups excluding tert-OH is 1. The molecule has 1 amide bonds. The maximum atomic E-state index is 12.6. The molecule has 0 saturated carbocycles. The summed E-state index contributed by atoms with van der Waals surface area (Å²) in [6.45, 7) is 7.55. The van der Waals surface area contributed by atoms with Crippen LogP contribution < -0.4 is 5.32 Å². The summed E-state index contributed by atoms with van der Waals surface area (Å²) in [4.78, 5) is 19.5. The zero-order chi connectivity index (χ0) is 18.7. The third-order valence-corrected chi connectivity index (χ3v) is 7.55. The van der Waals surface area contributed by atoms with Crippen molar-refractivity contribution in [2.45, 2.75) is 37.7 Å². The maximum Gasteiger partial charge on any atom is 0.261 e. The Hall–Kier alpha value is -0.990. The first kappa shape index (κ1) is 19.3. The van der Waals surface area contributed by atoms with Gasteiger partial charge in [0.05, 0.1) is 18.1 Å². The largest absolute Gasteiger partial charge is 0.395 e. The van der Waals surface area contributed by atoms with E-state index in [2.05, 4.69) is 21.2 Å². The number of amides is 1. The van der Waals surface area contributed by atoms with Crippen molar-refractivity contribution < 1.29 is 14.6 Å². The van der Waals surface area contributed by atoms with Crippen molar-refractivity contribution in [1.82, 2.24) is 15.1 Å². The van der Waals surface area contributed by atoms with Gasteiger partial charge in [-0.3, -0.25) is 4.79 Å². The van der Waals surface area contributed by atoms with E-state index in [1.807, 2.05) is 0 Å². The fourth-order valence-corrected chi connectivity index (χ4v) is 5.93. The monoisotopic (exact) mass is 393 g/mol. The molecule has 2 N–H and O–H groups in total. The lowest BCUT2D eigenvalue weighted by atomic mass is 9.85. The average Bonchev–Trinajstić information content (AvgIpc) is 3.34. The van der Waals surface area contributed by atoms with Crippen molar-refractivity contribution in [2.75, 3.05) is 59.0 Å². The first-order valence-corrected chi connectivity index (χ1v) is 11.1. The van der Waals surface area contributed by atoms with Gasteiger partial charge >= 0.3 is 0 Å². The van der Waals surface area contributed by atoms with Crippen molar-refractivity contribution in [2.24, 2.45) is 0 Å². The van der Waals surface area contributed by atoms with Crippen molar-refractivity contribution in [3.8, 4) is 0 Å². The summed E-state index contributed by atoms with van der Waals surface area (Å²) in [5.41, 5.74) is 1.07. The summed E-state index contributed by atoms with van der Waals surface area (Å²) in [7, 11) is 0. The zero-order valence-electron chi connectivity index (χ0n) is 16.0. The molecule has 1 aromatic rings. The van der Waals surface area contributed by atoms with Gasteiger partial charge in [0, 0.05) is 37.6 Å². The molecule has 4 rings (SSSR count). The first-order chi connectivity index (χ1) is 13.2. The first-order valence-electron chi connectivity index (χ1n) is 10.3. The molecule has 6 nitrogen and oxygen atoms in total. The van der Waals surface area contributed by atoms with Crippen LogP contribution in [0.25, 0.3) is 0 Å². The van der Waals surface area contributed by atoms with Gasteiger partial charge in [-0.2, -0.15) is 0 Å². The summed E-state index contributed by atoms with van der Waals surface area (Å²) in [6.07, 6.45) is 5.34. The molecule has 4 heterocycles. The normalized spacial score (nSPS) is 22.9. The topological polar surface area (TPSA) is 65.0 Å². The highest BCUT2D eigenvalue weighted by Gasteiger charge is 2.42. The van der Waals surface area contributed by atoms with Crippen LogP contribution in [-0.2, 0) is 16.8 Å². The maximum absolute atomic E-state index is 12.6. The molecule has 27 heavy (non-hydrogen) atoms. The van der Waals surface area contributed by atoms with Crippen LogP contribution in [0.2, 0.25) is 0 Å². The van der Waals surface area contributed by atoms with E-state index in [0.29, 0.717) is 0 Å². The third-order valence-electron chi connectivity index (χ3n) is 6.19. The van der Waals surface area contributed by atoms with Crippen molar-refractivity contribution in [3.05, 3.63) is 21.4 Å². The molecule has 0 aromatic carbocycles. The minimum absolute atomic E-state index is 0.0569. The number of nitrogens with one attached hydrogen (secondary N) is 1. The molecule has 0 bridgehead atoms. The van der Waals surface area contributed by atoms with E-state index in [1.54, 1.807) is 11.3 Å². The van der Waals surface area contributed by atoms with Crippen LogP contribution in [0.5, 0.6) is 0 Å². The van der Waals surface area contributed by atoms with Gasteiger partial charge < -0.3 is 25.0 Å². The van der Waals surface area contributed by atoms with Gasteiger partial charge in [-0.1, -0.05) is 0 Å². The van der Waals surface area contributed by atoms with E-state index in [9.17, 15) is 4.79 Å². The number of β-amino-alcohol motifs (C(OH)–C–C–N with tert-alkyl or cyclic N) is 1. The second kappa shape index (κ2) is 8.57. The Morgan fingerprint density at radius 1 is 1.19 bits per heavy atom. The molecule has 2 saturated heterocycles. The molecule has 7 heteroatoms. The number of nitrogens with zero attached hydrogens (tertiary/aromatic N) is 2. The number of rotatable bonds is 6. The summed E-state index contributed by atoms with van der Waals surface area (Å²) < 4.78 is 6.28. The standard InChI is InChI=1S/C20H31N3O3S/c24-13-12-23-9-4-20(5-10-23)18-16(3-14-26-20)15-17(27-18)19(25)21-6-11-22-7-1-2-8-22/h15,24H,1-14H2,(H,21,25). The van der Waals surface area contributed by atoms with Gasteiger partial charge in [0.15, 0.2) is 0 Å². The second-order valence-corrected chi connectivity index (χ2v) is 8.98. The van der Waals surface area contributed by atoms with Crippen LogP contribution in [0.3, 0.4) is 0 Å². The van der Waals surface area contributed by atoms with Crippen LogP contribution >= 0.6 is 11.3 Å². The van der Waals surface area contributed by atoms with E-state index in [0.717, 1.165) is 76.6 Å². The van der Waals surface area contributed by atoms with Crippen LogP contribution in [0.1, 0.15) is 45.8 Å². The fraction of sp³-hybridized carbons (Fsp3) is 0.750. The van der Waals surface area contributed by atoms with E-state index < -0.39 is 0 Å². The second-order valence-electron chi connectivity index (χ2n) is 7.93. The fourth-order valence-electron chi connectivity index (χ4n) is 4.61. The van der Waals surface area contributed by atoms with Crippen LogP contribution in [0.15, 0.2) is 6.07 Å². The van der Waals surface area contributed by atoms with E-state index in [-0.39, 0.29) is 18.1 Å². The molecule has 1 aromatic heterocycles. The number of ether oxygens (including phenoxy) is 1. The summed E-state index contributed by atoms with van der Waals surface area (Å²) in [5, 5.41) is 12.3. The Bertz CT molecular complexity index is 649. The minimum Gasteiger partial charge on any atom is -0.395 e. The smallest absolute Gasteiger partial charge is 0.261 e. The van der Waals surface area contributed by atoms with Gasteiger partial charge in [0.25, 0.3) is 5.91 Å². The van der Waals surface area contributed by atoms with Crippen molar-refractivity contribution in [1.29, 1.82) is 0 Å². The molecule has 0 atom stereocenters. The Kier molecular flexibility index (Phi) is 6.14. The van der Waals surface area contributed by atoms with Crippen LogP contribution in [0.4, 0.5) is 0 Å². The van der Waals surface area contributed by atoms with Crippen molar-refractivity contribution >= 4 is 17.2 Å². The quantitative estimate of drug-likeness (QED) is 0.766. The molecular formula is C20H31N3O3S. The number of fused-ring (bicyclic) bond motifs is 2. The van der Waals surface area contributed by atoms with Gasteiger partial charge in [-0.15, -0.1) is 11.3 Å². The number of thiophene rings is 1. The third kappa shape index (κ3) is 4.22. The number of hydrogen-bond acceptors (Lipinski definition) is 6. The molecular weight excluding hydrogens is 362 g/mol. The number of carbonyl (C=O) groups is 1. The minimum atomic E-state index is -0.224. The molecule has 3 aliphatic heterocycles. The average molecular weight is 394 g/mol. The summed E-state index contributed by atoms with van der Waals surface area (Å²) in [5.74, 6) is 0.0569. The number of piperidine rings is 1. The van der Waals surface area contributed by atoms with Crippen molar-refractivity contribution in [3.63, 3.8) is 0 Å². The van der Waals surface area contributed by atoms with E-state index in [4.69, 9.17) is 9.84 Å². The molecule has 1 spiro atoms. The highest BCUT2D eigenvalue weighted by molar-refractivity contribution is 7.14. The van der Waals surface area contributed by atoms with Gasteiger partial charge in [0.1, 0.15) is 5.60 Å². The Morgan fingerprint density at radius 2 is 1.93 bits per heavy atom. The lowest BCUT2D eigenvalue weighted by Gasteiger charge is -2.43. The van der Waals surface area contributed by atoms with E-state index >= 15 is 0 Å². The Labute approximate surface area is 165 Å². The molecule has 3 aliphatic rings. The lowest BCUT2D eigenvalue weighted by molar-refractivity contribution is -0.0959. The molecule has 2 fully saturated rings. The van der Waals surface area contributed by atoms with E-state index in [1.165, 1.54) is 23.3 Å². The molecule has 0 aliphatic carbocycles. The number of hydrogen-bond donors (Lipinski definition) is 2. The van der Waals surface area contributed by atoms with Gasteiger partial charge in [-0.25, -0.2) is 0 Å². The lowest BCUT2D eigenvalue weighted by Crippen LogP contribution is -2.46. The predicted octanol–water partition coefficient (Wildman–Crippen LogP) is 1.43. The van der Waals surface area contributed by atoms with Crippen LogP contribution in [0, 0.1) is 0 Å². The zero-order valence-corrected chi connectivity index (χ0v) is 16.9. The molecule has 0 unspecified atom stereocenters. The highest BCUT2D eigenvalue weighted by atomic mass is 32.1. The molecule has 150 valence electrons. The predicted molar refractivity (Wildman–Crippen MR) is 106 cm³/mol. The SMILES string of the molecule is O=C(NCCN1CCCC1)c1cc2c(s1)C1(CCN(CCO)CC1)OCC2.